The Labute approximate surface area is 176 Å². The molecule has 3 aromatic carbocycles. The van der Waals surface area contributed by atoms with E-state index in [1.165, 1.54) is 16.8 Å². The van der Waals surface area contributed by atoms with E-state index < -0.39 is 6.10 Å². The molecular weight excluding hydrogens is 407 g/mol. The average molecular weight is 425 g/mol. The van der Waals surface area contributed by atoms with Gasteiger partial charge in [0.15, 0.2) is 0 Å². The third-order valence-corrected chi connectivity index (χ3v) is 4.88. The molecule has 0 amide bonds. The minimum Gasteiger partial charge on any atom is -0.491 e. The van der Waals surface area contributed by atoms with Crippen LogP contribution in [0.5, 0.6) is 5.75 Å². The minimum atomic E-state index is -0.965. The van der Waals surface area contributed by atoms with E-state index in [1.54, 1.807) is 54.6 Å². The maximum atomic E-state index is 13.3. The lowest BCUT2D eigenvalue weighted by Gasteiger charge is -2.15. The molecule has 1 atom stereocenters. The normalized spacial score (nSPS) is 12.1. The van der Waals surface area contributed by atoms with Crippen LogP contribution in [0.4, 0.5) is 4.39 Å². The van der Waals surface area contributed by atoms with E-state index in [4.69, 9.17) is 16.3 Å². The number of hydrogen-bond acceptors (Lipinski definition) is 4. The number of fused-ring (bicyclic) bond motifs is 1. The fourth-order valence-electron chi connectivity index (χ4n) is 3.16. The maximum Gasteiger partial charge on any atom is 0.274 e. The first-order valence-corrected chi connectivity index (χ1v) is 9.71. The molecule has 4 aromatic rings. The van der Waals surface area contributed by atoms with Gasteiger partial charge in [-0.15, -0.1) is 0 Å². The predicted octanol–water partition coefficient (Wildman–Crippen LogP) is 4.30. The molecule has 0 saturated heterocycles. The van der Waals surface area contributed by atoms with Crippen molar-refractivity contribution in [1.29, 1.82) is 0 Å². The van der Waals surface area contributed by atoms with Gasteiger partial charge in [0, 0.05) is 16.0 Å². The molecule has 0 radical (unpaired) electrons. The summed E-state index contributed by atoms with van der Waals surface area (Å²) in [6.45, 7) is -0.0695. The number of nitrogens with zero attached hydrogens (tertiary/aromatic N) is 2. The van der Waals surface area contributed by atoms with Crippen LogP contribution in [0.3, 0.4) is 0 Å². The Morgan fingerprint density at radius 1 is 1.00 bits per heavy atom. The highest BCUT2D eigenvalue weighted by molar-refractivity contribution is 6.30. The van der Waals surface area contributed by atoms with Gasteiger partial charge in [0.25, 0.3) is 5.56 Å². The van der Waals surface area contributed by atoms with Gasteiger partial charge in [0.05, 0.1) is 17.6 Å². The molecule has 1 N–H and O–H groups in total. The quantitative estimate of drug-likeness (QED) is 0.501. The van der Waals surface area contributed by atoms with Crippen LogP contribution in [0.15, 0.2) is 77.6 Å². The summed E-state index contributed by atoms with van der Waals surface area (Å²) in [6, 6.07) is 19.8. The summed E-state index contributed by atoms with van der Waals surface area (Å²) in [7, 11) is 0. The fourth-order valence-corrected chi connectivity index (χ4v) is 3.28. The zero-order chi connectivity index (χ0) is 21.1. The second-order valence-electron chi connectivity index (χ2n) is 6.81. The summed E-state index contributed by atoms with van der Waals surface area (Å²) in [5.74, 6) is 0.204. The first kappa shape index (κ1) is 20.1. The van der Waals surface area contributed by atoms with E-state index in [2.05, 4.69) is 5.10 Å². The van der Waals surface area contributed by atoms with Crippen molar-refractivity contribution in [3.63, 3.8) is 0 Å². The largest absolute Gasteiger partial charge is 0.491 e. The van der Waals surface area contributed by atoms with Gasteiger partial charge >= 0.3 is 0 Å². The molecular formula is C23H18ClFN2O3. The summed E-state index contributed by atoms with van der Waals surface area (Å²) >= 11 is 5.85. The number of halogens is 2. The predicted molar refractivity (Wildman–Crippen MR) is 114 cm³/mol. The number of ether oxygens (including phenoxy) is 1. The van der Waals surface area contributed by atoms with E-state index >= 15 is 0 Å². The number of aliphatic hydroxyl groups is 1. The SMILES string of the molecule is O=c1c2ccccc2c(-c2ccc(F)cc2)nn1C[C@@H](O)COc1ccc(Cl)cc1. The van der Waals surface area contributed by atoms with Crippen molar-refractivity contribution >= 4 is 22.4 Å². The Balaban J connectivity index is 1.63. The molecule has 0 aliphatic carbocycles. The molecule has 30 heavy (non-hydrogen) atoms. The van der Waals surface area contributed by atoms with Gasteiger partial charge in [0.1, 0.15) is 24.3 Å². The summed E-state index contributed by atoms with van der Waals surface area (Å²) in [5.41, 5.74) is 0.895. The molecule has 1 heterocycles. The Hall–Kier alpha value is -3.22. The summed E-state index contributed by atoms with van der Waals surface area (Å²) < 4.78 is 20.1. The molecule has 0 fully saturated rings. The highest BCUT2D eigenvalue weighted by atomic mass is 35.5. The van der Waals surface area contributed by atoms with Crippen molar-refractivity contribution in [2.45, 2.75) is 12.6 Å². The molecule has 0 aliphatic heterocycles. The summed E-state index contributed by atoms with van der Waals surface area (Å²) in [5, 5.41) is 16.6. The van der Waals surface area contributed by atoms with Gasteiger partial charge in [-0.1, -0.05) is 29.8 Å². The molecule has 0 unspecified atom stereocenters. The molecule has 1 aromatic heterocycles. The number of rotatable bonds is 6. The van der Waals surface area contributed by atoms with Crippen LogP contribution >= 0.6 is 11.6 Å². The van der Waals surface area contributed by atoms with Gasteiger partial charge in [-0.2, -0.15) is 5.10 Å². The van der Waals surface area contributed by atoms with Crippen molar-refractivity contribution < 1.29 is 14.2 Å². The van der Waals surface area contributed by atoms with Gasteiger partial charge in [-0.3, -0.25) is 4.79 Å². The molecule has 0 bridgehead atoms. The Morgan fingerprint density at radius 3 is 2.37 bits per heavy atom. The number of benzene rings is 3. The molecule has 0 saturated carbocycles. The van der Waals surface area contributed by atoms with Crippen LogP contribution in [0.25, 0.3) is 22.0 Å². The Bertz CT molecular complexity index is 1220. The zero-order valence-corrected chi connectivity index (χ0v) is 16.6. The highest BCUT2D eigenvalue weighted by Gasteiger charge is 2.15. The molecule has 152 valence electrons. The van der Waals surface area contributed by atoms with Crippen LogP contribution < -0.4 is 10.3 Å². The Morgan fingerprint density at radius 2 is 1.67 bits per heavy atom. The van der Waals surface area contributed by atoms with Crippen LogP contribution in [-0.2, 0) is 6.54 Å². The molecule has 4 rings (SSSR count). The smallest absolute Gasteiger partial charge is 0.274 e. The number of aromatic nitrogens is 2. The van der Waals surface area contributed by atoms with Crippen LogP contribution in [-0.4, -0.2) is 27.6 Å². The van der Waals surface area contributed by atoms with Crippen LogP contribution in [0.1, 0.15) is 0 Å². The van der Waals surface area contributed by atoms with Crippen molar-refractivity contribution in [3.8, 4) is 17.0 Å². The van der Waals surface area contributed by atoms with E-state index in [0.717, 1.165) is 0 Å². The van der Waals surface area contributed by atoms with E-state index in [0.29, 0.717) is 32.8 Å². The second-order valence-corrected chi connectivity index (χ2v) is 7.24. The van der Waals surface area contributed by atoms with E-state index in [9.17, 15) is 14.3 Å². The maximum absolute atomic E-state index is 13.3. The zero-order valence-electron chi connectivity index (χ0n) is 15.8. The molecule has 0 aliphatic rings. The third-order valence-electron chi connectivity index (χ3n) is 4.63. The molecule has 0 spiro atoms. The van der Waals surface area contributed by atoms with Crippen molar-refractivity contribution in [1.82, 2.24) is 9.78 Å². The Kier molecular flexibility index (Phi) is 5.79. The van der Waals surface area contributed by atoms with Gasteiger partial charge < -0.3 is 9.84 Å². The number of aliphatic hydroxyl groups excluding tert-OH is 1. The first-order chi connectivity index (χ1) is 14.5. The monoisotopic (exact) mass is 424 g/mol. The molecule has 5 nitrogen and oxygen atoms in total. The molecule has 7 heteroatoms. The summed E-state index contributed by atoms with van der Waals surface area (Å²) in [6.07, 6.45) is -0.965. The summed E-state index contributed by atoms with van der Waals surface area (Å²) in [4.78, 5) is 12.9. The van der Waals surface area contributed by atoms with Gasteiger partial charge in [0.2, 0.25) is 0 Å². The van der Waals surface area contributed by atoms with E-state index in [1.807, 2.05) is 6.07 Å². The van der Waals surface area contributed by atoms with Crippen LogP contribution in [0, 0.1) is 5.82 Å². The van der Waals surface area contributed by atoms with Gasteiger partial charge in [-0.25, -0.2) is 9.07 Å². The lowest BCUT2D eigenvalue weighted by atomic mass is 10.1. The third kappa shape index (κ3) is 4.35. The highest BCUT2D eigenvalue weighted by Crippen LogP contribution is 2.25. The lowest BCUT2D eigenvalue weighted by Crippen LogP contribution is -2.32. The van der Waals surface area contributed by atoms with Gasteiger partial charge in [-0.05, 0) is 54.6 Å². The van der Waals surface area contributed by atoms with Crippen molar-refractivity contribution in [2.24, 2.45) is 0 Å². The van der Waals surface area contributed by atoms with Crippen LogP contribution in [0.2, 0.25) is 5.02 Å². The average Bonchev–Trinajstić information content (AvgIpc) is 2.76. The number of hydrogen-bond donors (Lipinski definition) is 1. The topological polar surface area (TPSA) is 64.4 Å². The fraction of sp³-hybridized carbons (Fsp3) is 0.130. The lowest BCUT2D eigenvalue weighted by molar-refractivity contribution is 0.0882. The van der Waals surface area contributed by atoms with Crippen molar-refractivity contribution in [2.75, 3.05) is 6.61 Å². The minimum absolute atomic E-state index is 0.0194. The van der Waals surface area contributed by atoms with E-state index in [-0.39, 0.29) is 24.5 Å². The first-order valence-electron chi connectivity index (χ1n) is 9.33. The van der Waals surface area contributed by atoms with Crippen molar-refractivity contribution in [3.05, 3.63) is 94.0 Å². The standard InChI is InChI=1S/C23H18ClFN2O3/c24-16-7-11-19(12-8-16)30-14-18(28)13-27-23(29)21-4-2-1-3-20(21)22(26-27)15-5-9-17(25)10-6-15/h1-12,18,28H,13-14H2/t18-/m1/s1. The second kappa shape index (κ2) is 8.65.